The second-order valence-corrected chi connectivity index (χ2v) is 5.50. The van der Waals surface area contributed by atoms with Crippen molar-refractivity contribution < 1.29 is 5.11 Å². The van der Waals surface area contributed by atoms with Gasteiger partial charge in [0, 0.05) is 11.7 Å². The molecule has 2 unspecified atom stereocenters. The van der Waals surface area contributed by atoms with E-state index in [0.29, 0.717) is 11.7 Å². The van der Waals surface area contributed by atoms with Gasteiger partial charge in [0.1, 0.15) is 0 Å². The molecule has 1 aliphatic rings. The summed E-state index contributed by atoms with van der Waals surface area (Å²) in [6.45, 7) is 3.99. The number of nitrogens with zero attached hydrogens (tertiary/aromatic N) is 2. The van der Waals surface area contributed by atoms with E-state index in [2.05, 4.69) is 41.1 Å². The standard InChI is InChI=1S/C17H20N2O/c1-12-7-8-14-5-3-4-6-17(14)19(12)15-9-10-16(13(2)20)18-11-15/h3-6,9-13,20H,7-8H2,1-2H3. The van der Waals surface area contributed by atoms with Crippen molar-refractivity contribution in [2.45, 2.75) is 38.8 Å². The monoisotopic (exact) mass is 268 g/mol. The maximum Gasteiger partial charge on any atom is 0.0931 e. The van der Waals surface area contributed by atoms with Crippen molar-refractivity contribution >= 4 is 11.4 Å². The lowest BCUT2D eigenvalue weighted by molar-refractivity contribution is 0.194. The minimum atomic E-state index is -0.518. The predicted molar refractivity (Wildman–Crippen MR) is 81.2 cm³/mol. The molecule has 20 heavy (non-hydrogen) atoms. The molecule has 1 aromatic heterocycles. The van der Waals surface area contributed by atoms with Gasteiger partial charge in [0.2, 0.25) is 0 Å². The largest absolute Gasteiger partial charge is 0.387 e. The van der Waals surface area contributed by atoms with E-state index in [-0.39, 0.29) is 0 Å². The second kappa shape index (κ2) is 5.25. The summed E-state index contributed by atoms with van der Waals surface area (Å²) < 4.78 is 0. The first-order valence-corrected chi connectivity index (χ1v) is 7.18. The number of fused-ring (bicyclic) bond motifs is 1. The Labute approximate surface area is 119 Å². The van der Waals surface area contributed by atoms with E-state index in [1.54, 1.807) is 6.92 Å². The lowest BCUT2D eigenvalue weighted by Gasteiger charge is -2.37. The number of aromatic nitrogens is 1. The quantitative estimate of drug-likeness (QED) is 0.904. The highest BCUT2D eigenvalue weighted by molar-refractivity contribution is 5.68. The average Bonchev–Trinajstić information content (AvgIpc) is 2.47. The van der Waals surface area contributed by atoms with Crippen molar-refractivity contribution in [1.82, 2.24) is 4.98 Å². The molecule has 3 rings (SSSR count). The highest BCUT2D eigenvalue weighted by Gasteiger charge is 2.24. The number of hydrogen-bond acceptors (Lipinski definition) is 3. The van der Waals surface area contributed by atoms with Crippen LogP contribution < -0.4 is 4.90 Å². The molecule has 1 aliphatic heterocycles. The average molecular weight is 268 g/mol. The fourth-order valence-corrected chi connectivity index (χ4v) is 2.87. The minimum absolute atomic E-state index is 0.462. The van der Waals surface area contributed by atoms with Crippen LogP contribution >= 0.6 is 0 Å². The number of rotatable bonds is 2. The van der Waals surface area contributed by atoms with Crippen LogP contribution in [-0.4, -0.2) is 16.1 Å². The molecular formula is C17H20N2O. The number of hydrogen-bond donors (Lipinski definition) is 1. The molecule has 1 N–H and O–H groups in total. The van der Waals surface area contributed by atoms with Crippen LogP contribution in [0.4, 0.5) is 11.4 Å². The fraction of sp³-hybridized carbons (Fsp3) is 0.353. The van der Waals surface area contributed by atoms with E-state index in [9.17, 15) is 5.11 Å². The van der Waals surface area contributed by atoms with E-state index in [1.165, 1.54) is 11.3 Å². The number of aliphatic hydroxyl groups is 1. The number of para-hydroxylation sites is 1. The van der Waals surface area contributed by atoms with Crippen LogP contribution in [0.5, 0.6) is 0 Å². The molecule has 2 atom stereocenters. The van der Waals surface area contributed by atoms with Crippen molar-refractivity contribution in [1.29, 1.82) is 0 Å². The molecule has 104 valence electrons. The molecule has 0 bridgehead atoms. The Bertz CT molecular complexity index is 592. The first-order chi connectivity index (χ1) is 9.66. The molecule has 2 aromatic rings. The van der Waals surface area contributed by atoms with Gasteiger partial charge in [0.15, 0.2) is 0 Å². The van der Waals surface area contributed by atoms with Crippen molar-refractivity contribution in [3.05, 3.63) is 53.9 Å². The molecule has 2 heterocycles. The molecule has 0 fully saturated rings. The summed E-state index contributed by atoms with van der Waals surface area (Å²) in [4.78, 5) is 6.71. The number of anilines is 2. The van der Waals surface area contributed by atoms with Gasteiger partial charge in [0.05, 0.1) is 23.7 Å². The SMILES string of the molecule is CC(O)c1ccc(N2c3ccccc3CCC2C)cn1. The Morgan fingerprint density at radius 1 is 1.25 bits per heavy atom. The van der Waals surface area contributed by atoms with Crippen LogP contribution in [0.25, 0.3) is 0 Å². The van der Waals surface area contributed by atoms with Crippen LogP contribution in [0.15, 0.2) is 42.6 Å². The summed E-state index contributed by atoms with van der Waals surface area (Å²) >= 11 is 0. The third kappa shape index (κ3) is 2.29. The molecule has 3 heteroatoms. The second-order valence-electron chi connectivity index (χ2n) is 5.50. The molecule has 0 amide bonds. The summed E-state index contributed by atoms with van der Waals surface area (Å²) in [6.07, 6.45) is 3.62. The molecule has 1 aromatic carbocycles. The van der Waals surface area contributed by atoms with Gasteiger partial charge in [-0.2, -0.15) is 0 Å². The van der Waals surface area contributed by atoms with Crippen molar-refractivity contribution in [3.63, 3.8) is 0 Å². The Hall–Kier alpha value is -1.87. The Morgan fingerprint density at radius 3 is 2.75 bits per heavy atom. The van der Waals surface area contributed by atoms with Crippen LogP contribution in [0, 0.1) is 0 Å². The first kappa shape index (κ1) is 13.1. The van der Waals surface area contributed by atoms with Crippen LogP contribution in [0.1, 0.15) is 37.6 Å². The van der Waals surface area contributed by atoms with Gasteiger partial charge < -0.3 is 10.0 Å². The lowest BCUT2D eigenvalue weighted by Crippen LogP contribution is -2.33. The minimum Gasteiger partial charge on any atom is -0.387 e. The van der Waals surface area contributed by atoms with Crippen molar-refractivity contribution in [3.8, 4) is 0 Å². The Morgan fingerprint density at radius 2 is 2.05 bits per heavy atom. The zero-order valence-electron chi connectivity index (χ0n) is 12.0. The molecule has 0 spiro atoms. The third-order valence-corrected chi connectivity index (χ3v) is 4.00. The van der Waals surface area contributed by atoms with E-state index >= 15 is 0 Å². The fourth-order valence-electron chi connectivity index (χ4n) is 2.87. The van der Waals surface area contributed by atoms with Gasteiger partial charge in [-0.1, -0.05) is 18.2 Å². The smallest absolute Gasteiger partial charge is 0.0931 e. The van der Waals surface area contributed by atoms with Gasteiger partial charge in [-0.15, -0.1) is 0 Å². The van der Waals surface area contributed by atoms with Gasteiger partial charge in [-0.25, -0.2) is 0 Å². The van der Waals surface area contributed by atoms with Gasteiger partial charge in [-0.05, 0) is 50.5 Å². The predicted octanol–water partition coefficient (Wildman–Crippen LogP) is 3.61. The molecule has 0 aliphatic carbocycles. The molecule has 3 nitrogen and oxygen atoms in total. The van der Waals surface area contributed by atoms with Crippen molar-refractivity contribution in [2.75, 3.05) is 4.90 Å². The Kier molecular flexibility index (Phi) is 3.45. The van der Waals surface area contributed by atoms with E-state index in [1.807, 2.05) is 18.3 Å². The number of aryl methyl sites for hydroxylation is 1. The molecular weight excluding hydrogens is 248 g/mol. The van der Waals surface area contributed by atoms with Crippen LogP contribution in [0.3, 0.4) is 0 Å². The molecule has 0 radical (unpaired) electrons. The van der Waals surface area contributed by atoms with Gasteiger partial charge >= 0.3 is 0 Å². The normalized spacial score (nSPS) is 19.6. The summed E-state index contributed by atoms with van der Waals surface area (Å²) in [5.74, 6) is 0. The summed E-state index contributed by atoms with van der Waals surface area (Å²) in [7, 11) is 0. The van der Waals surface area contributed by atoms with Gasteiger partial charge in [-0.3, -0.25) is 4.98 Å². The summed E-state index contributed by atoms with van der Waals surface area (Å²) in [5, 5.41) is 9.56. The third-order valence-electron chi connectivity index (χ3n) is 4.00. The topological polar surface area (TPSA) is 36.4 Å². The molecule has 0 saturated carbocycles. The zero-order chi connectivity index (χ0) is 14.1. The van der Waals surface area contributed by atoms with E-state index in [0.717, 1.165) is 18.5 Å². The number of benzene rings is 1. The maximum atomic E-state index is 9.56. The van der Waals surface area contributed by atoms with Crippen LogP contribution in [0.2, 0.25) is 0 Å². The van der Waals surface area contributed by atoms with Crippen molar-refractivity contribution in [2.24, 2.45) is 0 Å². The highest BCUT2D eigenvalue weighted by atomic mass is 16.3. The zero-order valence-corrected chi connectivity index (χ0v) is 12.0. The van der Waals surface area contributed by atoms with Gasteiger partial charge in [0.25, 0.3) is 0 Å². The van der Waals surface area contributed by atoms with Crippen LogP contribution in [-0.2, 0) is 6.42 Å². The molecule has 0 saturated heterocycles. The highest BCUT2D eigenvalue weighted by Crippen LogP contribution is 2.36. The van der Waals surface area contributed by atoms with E-state index < -0.39 is 6.10 Å². The summed E-state index contributed by atoms with van der Waals surface area (Å²) in [5.41, 5.74) is 4.48. The summed E-state index contributed by atoms with van der Waals surface area (Å²) in [6, 6.07) is 13.0. The Balaban J connectivity index is 2.00. The maximum absolute atomic E-state index is 9.56. The first-order valence-electron chi connectivity index (χ1n) is 7.18. The number of pyridine rings is 1. The van der Waals surface area contributed by atoms with E-state index in [4.69, 9.17) is 0 Å². The number of aliphatic hydroxyl groups excluding tert-OH is 1. The lowest BCUT2D eigenvalue weighted by atomic mass is 9.96.